The average molecular weight is 253 g/mol. The molecule has 0 fully saturated rings. The van der Waals surface area contributed by atoms with E-state index in [9.17, 15) is 18.0 Å². The Morgan fingerprint density at radius 2 is 1.56 bits per heavy atom. The number of rotatable bonds is 8. The highest BCUT2D eigenvalue weighted by Gasteiger charge is 2.17. The minimum absolute atomic E-state index is 0.0262. The predicted molar refractivity (Wildman–Crippen MR) is 55.5 cm³/mol. The molecule has 0 bridgehead atoms. The lowest BCUT2D eigenvalue weighted by Gasteiger charge is -2.18. The second kappa shape index (κ2) is 6.44. The lowest BCUT2D eigenvalue weighted by atomic mass is 10.3. The van der Waals surface area contributed by atoms with Crippen LogP contribution in [0.1, 0.15) is 19.3 Å². The maximum absolute atomic E-state index is 11.2. The van der Waals surface area contributed by atoms with Crippen LogP contribution in [0.25, 0.3) is 0 Å². The van der Waals surface area contributed by atoms with Crippen LogP contribution >= 0.6 is 0 Å². The molecule has 0 saturated carbocycles. The summed E-state index contributed by atoms with van der Waals surface area (Å²) < 4.78 is 23.4. The first-order chi connectivity index (χ1) is 7.23. The zero-order valence-corrected chi connectivity index (χ0v) is 9.73. The number of aliphatic carboxylic acids is 2. The van der Waals surface area contributed by atoms with Gasteiger partial charge in [0.1, 0.15) is 0 Å². The summed E-state index contributed by atoms with van der Waals surface area (Å²) in [6.45, 7) is -0.105. The van der Waals surface area contributed by atoms with Crippen molar-refractivity contribution in [3.05, 3.63) is 0 Å². The monoisotopic (exact) mass is 253 g/mol. The van der Waals surface area contributed by atoms with E-state index in [-0.39, 0.29) is 32.4 Å². The molecule has 0 aliphatic carbocycles. The van der Waals surface area contributed by atoms with Crippen LogP contribution in [0.5, 0.6) is 0 Å². The Bertz CT molecular complexity index is 350. The molecule has 0 unspecified atom stereocenters. The first-order valence-corrected chi connectivity index (χ1v) is 6.47. The molecule has 94 valence electrons. The number of hydrogen-bond donors (Lipinski definition) is 2. The number of sulfonamides is 1. The van der Waals surface area contributed by atoms with Gasteiger partial charge in [0.05, 0.1) is 12.7 Å². The standard InChI is InChI=1S/C8H15NO6S/c1-16(14,15)9(6-4-8(12)13)5-2-3-7(10)11/h2-6H2,1H3,(H,10,11)(H,12,13). The normalized spacial score (nSPS) is 11.6. The Kier molecular flexibility index (Phi) is 5.97. The summed E-state index contributed by atoms with van der Waals surface area (Å²) >= 11 is 0. The Hall–Kier alpha value is -1.15. The molecular weight excluding hydrogens is 238 g/mol. The molecule has 0 aromatic heterocycles. The Morgan fingerprint density at radius 3 is 1.94 bits per heavy atom. The van der Waals surface area contributed by atoms with Crippen molar-refractivity contribution in [3.8, 4) is 0 Å². The third-order valence-electron chi connectivity index (χ3n) is 1.84. The van der Waals surface area contributed by atoms with Gasteiger partial charge in [0.15, 0.2) is 0 Å². The largest absolute Gasteiger partial charge is 0.481 e. The smallest absolute Gasteiger partial charge is 0.304 e. The molecule has 0 radical (unpaired) electrons. The number of carboxylic acids is 2. The fourth-order valence-corrected chi connectivity index (χ4v) is 1.95. The molecule has 0 atom stereocenters. The van der Waals surface area contributed by atoms with Crippen LogP contribution in [0, 0.1) is 0 Å². The fourth-order valence-electron chi connectivity index (χ4n) is 1.07. The Labute approximate surface area is 93.7 Å². The number of nitrogens with zero attached hydrogens (tertiary/aromatic N) is 1. The molecule has 0 aliphatic heterocycles. The summed E-state index contributed by atoms with van der Waals surface area (Å²) in [6, 6.07) is 0. The molecule has 0 spiro atoms. The fraction of sp³-hybridized carbons (Fsp3) is 0.750. The second-order valence-electron chi connectivity index (χ2n) is 3.30. The van der Waals surface area contributed by atoms with Gasteiger partial charge in [0.2, 0.25) is 10.0 Å². The quantitative estimate of drug-likeness (QED) is 0.608. The lowest BCUT2D eigenvalue weighted by Crippen LogP contribution is -2.33. The number of carboxylic acid groups (broad SMARTS) is 2. The molecule has 0 rings (SSSR count). The van der Waals surface area contributed by atoms with Gasteiger partial charge in [-0.15, -0.1) is 0 Å². The van der Waals surface area contributed by atoms with E-state index in [0.717, 1.165) is 10.6 Å². The summed E-state index contributed by atoms with van der Waals surface area (Å²) in [5, 5.41) is 16.8. The minimum Gasteiger partial charge on any atom is -0.481 e. The van der Waals surface area contributed by atoms with E-state index in [0.29, 0.717) is 0 Å². The summed E-state index contributed by atoms with van der Waals surface area (Å²) in [5.74, 6) is -2.10. The van der Waals surface area contributed by atoms with E-state index >= 15 is 0 Å². The Balaban J connectivity index is 4.23. The van der Waals surface area contributed by atoms with Gasteiger partial charge in [-0.1, -0.05) is 0 Å². The Morgan fingerprint density at radius 1 is 1.06 bits per heavy atom. The third-order valence-corrected chi connectivity index (χ3v) is 3.15. The molecule has 0 aromatic carbocycles. The molecule has 0 saturated heterocycles. The minimum atomic E-state index is -3.48. The van der Waals surface area contributed by atoms with Gasteiger partial charge in [-0.25, -0.2) is 12.7 Å². The third kappa shape index (κ3) is 7.18. The van der Waals surface area contributed by atoms with Crippen LogP contribution < -0.4 is 0 Å². The van der Waals surface area contributed by atoms with E-state index in [4.69, 9.17) is 10.2 Å². The number of carbonyl (C=O) groups is 2. The van der Waals surface area contributed by atoms with Crippen LogP contribution in [-0.4, -0.2) is 54.2 Å². The van der Waals surface area contributed by atoms with Gasteiger partial charge < -0.3 is 10.2 Å². The van der Waals surface area contributed by atoms with E-state index < -0.39 is 22.0 Å². The second-order valence-corrected chi connectivity index (χ2v) is 5.29. The highest BCUT2D eigenvalue weighted by Crippen LogP contribution is 2.03. The van der Waals surface area contributed by atoms with Crippen molar-refractivity contribution in [2.45, 2.75) is 19.3 Å². The van der Waals surface area contributed by atoms with Crippen molar-refractivity contribution in [1.29, 1.82) is 0 Å². The zero-order valence-electron chi connectivity index (χ0n) is 8.92. The van der Waals surface area contributed by atoms with Gasteiger partial charge >= 0.3 is 11.9 Å². The summed E-state index contributed by atoms with van der Waals surface area (Å²) in [5.41, 5.74) is 0. The molecule has 2 N–H and O–H groups in total. The first kappa shape index (κ1) is 14.8. The van der Waals surface area contributed by atoms with Crippen molar-refractivity contribution < 1.29 is 28.2 Å². The highest BCUT2D eigenvalue weighted by atomic mass is 32.2. The van der Waals surface area contributed by atoms with E-state index in [1.165, 1.54) is 0 Å². The van der Waals surface area contributed by atoms with Gasteiger partial charge in [0, 0.05) is 19.5 Å². The summed E-state index contributed by atoms with van der Waals surface area (Å²) in [7, 11) is -3.48. The van der Waals surface area contributed by atoms with E-state index in [1.807, 2.05) is 0 Å². The summed E-state index contributed by atoms with van der Waals surface area (Å²) in [4.78, 5) is 20.5. The SMILES string of the molecule is CS(=O)(=O)N(CCCC(=O)O)CCC(=O)O. The molecular formula is C8H15NO6S. The van der Waals surface area contributed by atoms with Gasteiger partial charge in [-0.05, 0) is 6.42 Å². The van der Waals surface area contributed by atoms with Gasteiger partial charge in [-0.2, -0.15) is 0 Å². The maximum Gasteiger partial charge on any atom is 0.304 e. The molecule has 0 aromatic rings. The molecule has 0 heterocycles. The topological polar surface area (TPSA) is 112 Å². The maximum atomic E-state index is 11.2. The van der Waals surface area contributed by atoms with Crippen LogP contribution in [0.2, 0.25) is 0 Å². The van der Waals surface area contributed by atoms with Gasteiger partial charge in [-0.3, -0.25) is 9.59 Å². The molecule has 8 heteroatoms. The number of hydrogen-bond acceptors (Lipinski definition) is 4. The van der Waals surface area contributed by atoms with Crippen LogP contribution in [0.4, 0.5) is 0 Å². The first-order valence-electron chi connectivity index (χ1n) is 4.62. The average Bonchev–Trinajstić information content (AvgIpc) is 2.07. The molecule has 16 heavy (non-hydrogen) atoms. The van der Waals surface area contributed by atoms with E-state index in [2.05, 4.69) is 0 Å². The van der Waals surface area contributed by atoms with Crippen molar-refractivity contribution in [2.24, 2.45) is 0 Å². The van der Waals surface area contributed by atoms with Crippen LogP contribution in [0.3, 0.4) is 0 Å². The van der Waals surface area contributed by atoms with Gasteiger partial charge in [0.25, 0.3) is 0 Å². The predicted octanol–water partition coefficient (Wildman–Crippen LogP) is -0.412. The van der Waals surface area contributed by atoms with Crippen molar-refractivity contribution in [2.75, 3.05) is 19.3 Å². The molecule has 7 nitrogen and oxygen atoms in total. The van der Waals surface area contributed by atoms with Crippen molar-refractivity contribution in [1.82, 2.24) is 4.31 Å². The zero-order chi connectivity index (χ0) is 12.8. The van der Waals surface area contributed by atoms with Crippen LogP contribution in [-0.2, 0) is 19.6 Å². The molecule has 0 aliphatic rings. The van der Waals surface area contributed by atoms with Crippen molar-refractivity contribution >= 4 is 22.0 Å². The van der Waals surface area contributed by atoms with Crippen molar-refractivity contribution in [3.63, 3.8) is 0 Å². The lowest BCUT2D eigenvalue weighted by molar-refractivity contribution is -0.138. The molecule has 0 amide bonds. The van der Waals surface area contributed by atoms with Crippen LogP contribution in [0.15, 0.2) is 0 Å². The van der Waals surface area contributed by atoms with E-state index in [1.54, 1.807) is 0 Å². The summed E-state index contributed by atoms with van der Waals surface area (Å²) in [6.07, 6.45) is 0.705. The highest BCUT2D eigenvalue weighted by molar-refractivity contribution is 7.88.